The highest BCUT2D eigenvalue weighted by Crippen LogP contribution is 2.37. The number of aromatic nitrogens is 1. The molecule has 2 aromatic carbocycles. The molecule has 0 spiro atoms. The number of ether oxygens (including phenoxy) is 1. The quantitative estimate of drug-likeness (QED) is 0.223. The van der Waals surface area contributed by atoms with E-state index in [1.807, 2.05) is 11.4 Å². The number of hydrogen-bond donors (Lipinski definition) is 3. The van der Waals surface area contributed by atoms with Gasteiger partial charge in [0.1, 0.15) is 23.1 Å². The number of carbonyl (C=O) groups excluding carboxylic acids is 1. The highest BCUT2D eigenvalue weighted by atomic mass is 35.5. The number of likely N-dealkylation sites (N-methyl/N-ethyl adjacent to an activating group) is 1. The fraction of sp³-hybridized carbons (Fsp3) is 0.238. The van der Waals surface area contributed by atoms with E-state index in [2.05, 4.69) is 20.3 Å². The largest absolute Gasteiger partial charge is 0.455 e. The van der Waals surface area contributed by atoms with Gasteiger partial charge in [-0.2, -0.15) is 0 Å². The highest BCUT2D eigenvalue weighted by Gasteiger charge is 2.14. The van der Waals surface area contributed by atoms with E-state index in [-0.39, 0.29) is 23.2 Å². The van der Waals surface area contributed by atoms with Crippen molar-refractivity contribution in [3.63, 3.8) is 0 Å². The molecule has 0 unspecified atom stereocenters. The SMILES string of the molecule is CNC(=O)CNCCCc1cc(Cl)ccc1Oc1cc(F)c(SNc2cscn2)cc1Cl. The molecule has 0 atom stereocenters. The molecule has 0 aliphatic heterocycles. The number of halogens is 3. The van der Waals surface area contributed by atoms with E-state index in [4.69, 9.17) is 27.9 Å². The maximum atomic E-state index is 14.6. The number of anilines is 1. The average molecular weight is 515 g/mol. The van der Waals surface area contributed by atoms with Crippen molar-refractivity contribution < 1.29 is 13.9 Å². The summed E-state index contributed by atoms with van der Waals surface area (Å²) in [6.45, 7) is 0.901. The molecule has 0 radical (unpaired) electrons. The number of benzene rings is 2. The van der Waals surface area contributed by atoms with Gasteiger partial charge in [-0.25, -0.2) is 9.37 Å². The number of nitrogens with one attached hydrogen (secondary N) is 3. The molecule has 0 saturated heterocycles. The molecular weight excluding hydrogens is 494 g/mol. The predicted molar refractivity (Wildman–Crippen MR) is 130 cm³/mol. The summed E-state index contributed by atoms with van der Waals surface area (Å²) in [6.07, 6.45) is 1.41. The summed E-state index contributed by atoms with van der Waals surface area (Å²) in [4.78, 5) is 15.7. The molecule has 170 valence electrons. The lowest BCUT2D eigenvalue weighted by atomic mass is 10.1. The topological polar surface area (TPSA) is 75.3 Å². The summed E-state index contributed by atoms with van der Waals surface area (Å²) in [6, 6.07) is 8.01. The molecule has 6 nitrogen and oxygen atoms in total. The number of carbonyl (C=O) groups is 1. The minimum absolute atomic E-state index is 0.0724. The Kier molecular flexibility index (Phi) is 9.43. The highest BCUT2D eigenvalue weighted by molar-refractivity contribution is 8.00. The van der Waals surface area contributed by atoms with Crippen molar-refractivity contribution >= 4 is 58.2 Å². The summed E-state index contributed by atoms with van der Waals surface area (Å²) >= 11 is 15.0. The minimum Gasteiger partial charge on any atom is -0.455 e. The van der Waals surface area contributed by atoms with Crippen LogP contribution in [0.25, 0.3) is 0 Å². The van der Waals surface area contributed by atoms with Crippen molar-refractivity contribution in [2.75, 3.05) is 24.9 Å². The molecule has 1 heterocycles. The van der Waals surface area contributed by atoms with Gasteiger partial charge in [-0.3, -0.25) is 4.79 Å². The van der Waals surface area contributed by atoms with Gasteiger partial charge >= 0.3 is 0 Å². The first kappa shape index (κ1) is 24.6. The number of aryl methyl sites for hydroxylation is 1. The Bertz CT molecular complexity index is 1050. The van der Waals surface area contributed by atoms with Gasteiger partial charge in [-0.15, -0.1) is 11.3 Å². The van der Waals surface area contributed by atoms with Crippen LogP contribution in [0.2, 0.25) is 10.0 Å². The maximum Gasteiger partial charge on any atom is 0.233 e. The van der Waals surface area contributed by atoms with Crippen molar-refractivity contribution in [1.82, 2.24) is 15.6 Å². The van der Waals surface area contributed by atoms with Gasteiger partial charge in [0.2, 0.25) is 5.91 Å². The van der Waals surface area contributed by atoms with Crippen molar-refractivity contribution in [3.05, 3.63) is 62.6 Å². The molecule has 0 aliphatic carbocycles. The van der Waals surface area contributed by atoms with Crippen LogP contribution in [0.5, 0.6) is 11.5 Å². The monoisotopic (exact) mass is 514 g/mol. The summed E-state index contributed by atoms with van der Waals surface area (Å²) in [5.74, 6) is 0.862. The Morgan fingerprint density at radius 3 is 2.84 bits per heavy atom. The number of hydrogen-bond acceptors (Lipinski definition) is 7. The zero-order valence-corrected chi connectivity index (χ0v) is 20.2. The van der Waals surface area contributed by atoms with E-state index in [1.54, 1.807) is 24.7 Å². The molecule has 0 fully saturated rings. The second kappa shape index (κ2) is 12.3. The van der Waals surface area contributed by atoms with Gasteiger partial charge in [0.25, 0.3) is 0 Å². The van der Waals surface area contributed by atoms with E-state index < -0.39 is 5.82 Å². The lowest BCUT2D eigenvalue weighted by molar-refractivity contribution is -0.119. The van der Waals surface area contributed by atoms with Gasteiger partial charge in [0.05, 0.1) is 22.0 Å². The molecule has 3 rings (SSSR count). The number of amides is 1. The molecule has 3 N–H and O–H groups in total. The standard InChI is InChI=1S/C21H21Cl2FN4O2S2/c1-25-21(29)10-26-6-2-3-13-7-14(22)4-5-17(13)30-18-9-16(24)19(8-15(18)23)32-28-20-11-31-12-27-20/h4-5,7-9,11-12,26,28H,2-3,6,10H2,1H3,(H,25,29). The van der Waals surface area contributed by atoms with E-state index in [9.17, 15) is 9.18 Å². The summed E-state index contributed by atoms with van der Waals surface area (Å²) in [5.41, 5.74) is 2.55. The van der Waals surface area contributed by atoms with Gasteiger partial charge < -0.3 is 20.1 Å². The fourth-order valence-corrected chi connectivity index (χ4v) is 4.37. The van der Waals surface area contributed by atoms with E-state index in [1.165, 1.54) is 23.5 Å². The second-order valence-electron chi connectivity index (χ2n) is 6.60. The second-order valence-corrected chi connectivity index (χ2v) is 9.01. The number of thiazole rings is 1. The lowest BCUT2D eigenvalue weighted by Crippen LogP contribution is -2.31. The lowest BCUT2D eigenvalue weighted by Gasteiger charge is -2.14. The van der Waals surface area contributed by atoms with Crippen LogP contribution in [0, 0.1) is 5.82 Å². The third-order valence-corrected chi connectivity index (χ3v) is 6.25. The molecule has 1 amide bonds. The maximum absolute atomic E-state index is 14.6. The summed E-state index contributed by atoms with van der Waals surface area (Å²) in [5, 5.41) is 8.29. The van der Waals surface area contributed by atoms with Crippen LogP contribution in [0.3, 0.4) is 0 Å². The van der Waals surface area contributed by atoms with Crippen LogP contribution in [-0.2, 0) is 11.2 Å². The van der Waals surface area contributed by atoms with E-state index >= 15 is 0 Å². The Labute approximate surface area is 204 Å². The molecule has 0 aliphatic rings. The van der Waals surface area contributed by atoms with Crippen molar-refractivity contribution in [3.8, 4) is 11.5 Å². The van der Waals surface area contributed by atoms with Crippen LogP contribution in [-0.4, -0.2) is 31.0 Å². The van der Waals surface area contributed by atoms with Crippen LogP contribution in [0.4, 0.5) is 10.2 Å². The normalized spacial score (nSPS) is 10.8. The molecular formula is C21H21Cl2FN4O2S2. The van der Waals surface area contributed by atoms with Gasteiger partial charge in [-0.05, 0) is 61.2 Å². The number of rotatable bonds is 11. The molecule has 0 saturated carbocycles. The Hall–Kier alpha value is -2.04. The van der Waals surface area contributed by atoms with Crippen molar-refractivity contribution in [2.45, 2.75) is 17.7 Å². The smallest absolute Gasteiger partial charge is 0.233 e. The zero-order valence-electron chi connectivity index (χ0n) is 17.1. The first-order chi connectivity index (χ1) is 15.5. The summed E-state index contributed by atoms with van der Waals surface area (Å²) in [7, 11) is 1.59. The van der Waals surface area contributed by atoms with Gasteiger partial charge in [0.15, 0.2) is 0 Å². The van der Waals surface area contributed by atoms with Crippen molar-refractivity contribution in [2.24, 2.45) is 0 Å². The first-order valence-corrected chi connectivity index (χ1v) is 12.2. The predicted octanol–water partition coefficient (Wildman–Crippen LogP) is 5.77. The average Bonchev–Trinajstić information content (AvgIpc) is 3.30. The third-order valence-electron chi connectivity index (χ3n) is 4.29. The molecule has 3 aromatic rings. The Morgan fingerprint density at radius 2 is 2.09 bits per heavy atom. The van der Waals surface area contributed by atoms with Crippen LogP contribution < -0.4 is 20.1 Å². The molecule has 0 bridgehead atoms. The first-order valence-electron chi connectivity index (χ1n) is 9.64. The van der Waals surface area contributed by atoms with E-state index in [0.717, 1.165) is 23.9 Å². The Morgan fingerprint density at radius 1 is 1.25 bits per heavy atom. The molecule has 32 heavy (non-hydrogen) atoms. The van der Waals surface area contributed by atoms with Crippen LogP contribution in [0.15, 0.2) is 46.1 Å². The molecule has 11 heteroatoms. The van der Waals surface area contributed by atoms with Gasteiger partial charge in [-0.1, -0.05) is 23.2 Å². The van der Waals surface area contributed by atoms with Crippen LogP contribution >= 0.6 is 46.5 Å². The fourth-order valence-electron chi connectivity index (χ4n) is 2.69. The van der Waals surface area contributed by atoms with E-state index in [0.29, 0.717) is 34.5 Å². The van der Waals surface area contributed by atoms with Crippen LogP contribution in [0.1, 0.15) is 12.0 Å². The minimum atomic E-state index is -0.467. The van der Waals surface area contributed by atoms with Gasteiger partial charge in [0, 0.05) is 23.5 Å². The summed E-state index contributed by atoms with van der Waals surface area (Å²) < 4.78 is 23.5. The zero-order chi connectivity index (χ0) is 22.9. The third kappa shape index (κ3) is 7.25. The number of nitrogens with zero attached hydrogens (tertiary/aromatic N) is 1. The van der Waals surface area contributed by atoms with Crippen molar-refractivity contribution in [1.29, 1.82) is 0 Å². The molecule has 1 aromatic heterocycles. The Balaban J connectivity index is 1.65.